The van der Waals surface area contributed by atoms with Crippen molar-refractivity contribution in [2.75, 3.05) is 0 Å². The number of H-pyrrole nitrogens is 1. The van der Waals surface area contributed by atoms with E-state index in [1.54, 1.807) is 12.3 Å². The summed E-state index contributed by atoms with van der Waals surface area (Å²) in [6, 6.07) is 21.3. The van der Waals surface area contributed by atoms with E-state index < -0.39 is 0 Å². The van der Waals surface area contributed by atoms with Gasteiger partial charge >= 0.3 is 0 Å². The fourth-order valence-corrected chi connectivity index (χ4v) is 2.96. The summed E-state index contributed by atoms with van der Waals surface area (Å²) in [6.45, 7) is 0. The second-order valence-corrected chi connectivity index (χ2v) is 6.33. The first-order valence-corrected chi connectivity index (χ1v) is 8.50. The zero-order chi connectivity index (χ0) is 17.2. The number of rotatable bonds is 3. The Labute approximate surface area is 155 Å². The minimum Gasteiger partial charge on any atom is -0.336 e. The van der Waals surface area contributed by atoms with Crippen LogP contribution in [0, 0.1) is 0 Å². The predicted octanol–water partition coefficient (Wildman–Crippen LogP) is 6.11. The molecule has 0 amide bonds. The molecule has 122 valence electrons. The Morgan fingerprint density at radius 3 is 2.28 bits per heavy atom. The predicted molar refractivity (Wildman–Crippen MR) is 103 cm³/mol. The topological polar surface area (TPSA) is 41.6 Å². The Kier molecular flexibility index (Phi) is 4.26. The zero-order valence-electron chi connectivity index (χ0n) is 13.1. The van der Waals surface area contributed by atoms with Crippen molar-refractivity contribution in [2.45, 2.75) is 0 Å². The summed E-state index contributed by atoms with van der Waals surface area (Å²) in [4.78, 5) is 12.6. The molecule has 5 heteroatoms. The molecule has 0 fully saturated rings. The molecule has 0 aliphatic rings. The van der Waals surface area contributed by atoms with E-state index in [0.717, 1.165) is 28.2 Å². The quantitative estimate of drug-likeness (QED) is 0.475. The molecule has 0 saturated heterocycles. The van der Waals surface area contributed by atoms with E-state index in [2.05, 4.69) is 9.97 Å². The van der Waals surface area contributed by atoms with E-state index in [-0.39, 0.29) is 0 Å². The maximum absolute atomic E-state index is 6.20. The summed E-state index contributed by atoms with van der Waals surface area (Å²) in [6.07, 6.45) is 1.75. The van der Waals surface area contributed by atoms with E-state index in [1.165, 1.54) is 0 Å². The molecule has 4 rings (SSSR count). The first-order valence-electron chi connectivity index (χ1n) is 7.74. The van der Waals surface area contributed by atoms with Gasteiger partial charge in [-0.15, -0.1) is 0 Å². The Morgan fingerprint density at radius 1 is 0.760 bits per heavy atom. The number of imidazole rings is 1. The van der Waals surface area contributed by atoms with E-state index >= 15 is 0 Å². The first kappa shape index (κ1) is 15.9. The number of pyridine rings is 1. The summed E-state index contributed by atoms with van der Waals surface area (Å²) in [5.74, 6) is 0.709. The Bertz CT molecular complexity index is 1010. The fraction of sp³-hybridized carbons (Fsp3) is 0. The molecule has 0 aliphatic carbocycles. The van der Waals surface area contributed by atoms with Gasteiger partial charge in [-0.25, -0.2) is 4.98 Å². The number of halogens is 2. The molecule has 0 saturated carbocycles. The fourth-order valence-electron chi connectivity index (χ4n) is 2.66. The molecule has 0 unspecified atom stereocenters. The second kappa shape index (κ2) is 6.71. The van der Waals surface area contributed by atoms with Crippen LogP contribution >= 0.6 is 23.2 Å². The molecule has 2 aromatic heterocycles. The van der Waals surface area contributed by atoms with Crippen molar-refractivity contribution >= 4 is 23.2 Å². The monoisotopic (exact) mass is 365 g/mol. The standard InChI is InChI=1S/C20H13Cl2N3/c21-15-10-9-14(12-16(15)22)19-18(13-6-2-1-3-7-13)24-20(25-19)17-8-4-5-11-23-17/h1-12H,(H,24,25). The van der Waals surface area contributed by atoms with Gasteiger partial charge in [-0.2, -0.15) is 0 Å². The summed E-state index contributed by atoms with van der Waals surface area (Å²) in [5, 5.41) is 1.02. The maximum atomic E-state index is 6.20. The maximum Gasteiger partial charge on any atom is 0.157 e. The van der Waals surface area contributed by atoms with E-state index in [9.17, 15) is 0 Å². The third-order valence-electron chi connectivity index (χ3n) is 3.87. The van der Waals surface area contributed by atoms with Gasteiger partial charge in [0.25, 0.3) is 0 Å². The average molecular weight is 366 g/mol. The number of aromatic amines is 1. The Morgan fingerprint density at radius 2 is 1.56 bits per heavy atom. The summed E-state index contributed by atoms with van der Waals surface area (Å²) >= 11 is 12.3. The average Bonchev–Trinajstić information content (AvgIpc) is 3.11. The smallest absolute Gasteiger partial charge is 0.157 e. The van der Waals surface area contributed by atoms with Gasteiger partial charge in [0.1, 0.15) is 5.69 Å². The molecule has 1 N–H and O–H groups in total. The Balaban J connectivity index is 1.92. The van der Waals surface area contributed by atoms with Crippen molar-refractivity contribution in [1.29, 1.82) is 0 Å². The van der Waals surface area contributed by atoms with Crippen LogP contribution in [0.2, 0.25) is 10.0 Å². The molecular formula is C20H13Cl2N3. The van der Waals surface area contributed by atoms with Gasteiger partial charge in [0.05, 0.1) is 21.4 Å². The lowest BCUT2D eigenvalue weighted by atomic mass is 10.1. The molecule has 0 aliphatic heterocycles. The highest BCUT2D eigenvalue weighted by atomic mass is 35.5. The molecule has 3 nitrogen and oxygen atoms in total. The number of benzene rings is 2. The van der Waals surface area contributed by atoms with Gasteiger partial charge in [-0.1, -0.05) is 65.7 Å². The van der Waals surface area contributed by atoms with E-state index in [1.807, 2.05) is 60.7 Å². The number of nitrogens with zero attached hydrogens (tertiary/aromatic N) is 2. The molecular weight excluding hydrogens is 353 g/mol. The lowest BCUT2D eigenvalue weighted by molar-refractivity contribution is 1.22. The summed E-state index contributed by atoms with van der Waals surface area (Å²) in [5.41, 5.74) is 4.45. The van der Waals surface area contributed by atoms with Gasteiger partial charge < -0.3 is 4.98 Å². The first-order chi connectivity index (χ1) is 12.2. The van der Waals surface area contributed by atoms with Gasteiger partial charge in [-0.3, -0.25) is 4.98 Å². The third-order valence-corrected chi connectivity index (χ3v) is 4.61. The number of hydrogen-bond acceptors (Lipinski definition) is 2. The van der Waals surface area contributed by atoms with Crippen molar-refractivity contribution in [3.8, 4) is 34.0 Å². The molecule has 0 radical (unpaired) electrons. The summed E-state index contributed by atoms with van der Waals surface area (Å²) < 4.78 is 0. The SMILES string of the molecule is Clc1ccc(-c2nc(-c3ccccn3)[nH]c2-c2ccccc2)cc1Cl. The van der Waals surface area contributed by atoms with Crippen LogP contribution in [0.15, 0.2) is 72.9 Å². The van der Waals surface area contributed by atoms with Crippen LogP contribution in [-0.2, 0) is 0 Å². The third kappa shape index (κ3) is 3.16. The highest BCUT2D eigenvalue weighted by Crippen LogP contribution is 2.35. The molecule has 2 aromatic carbocycles. The largest absolute Gasteiger partial charge is 0.336 e. The zero-order valence-corrected chi connectivity index (χ0v) is 14.6. The van der Waals surface area contributed by atoms with Crippen molar-refractivity contribution in [3.05, 3.63) is 83.0 Å². The summed E-state index contributed by atoms with van der Waals surface area (Å²) in [7, 11) is 0. The lowest BCUT2D eigenvalue weighted by Gasteiger charge is -2.04. The van der Waals surface area contributed by atoms with Crippen LogP contribution in [0.3, 0.4) is 0 Å². The van der Waals surface area contributed by atoms with Gasteiger partial charge in [0.15, 0.2) is 5.82 Å². The van der Waals surface area contributed by atoms with Crippen LogP contribution in [0.25, 0.3) is 34.0 Å². The van der Waals surface area contributed by atoms with Crippen LogP contribution in [0.5, 0.6) is 0 Å². The van der Waals surface area contributed by atoms with Gasteiger partial charge in [-0.05, 0) is 24.3 Å². The highest BCUT2D eigenvalue weighted by molar-refractivity contribution is 6.42. The lowest BCUT2D eigenvalue weighted by Crippen LogP contribution is -1.84. The van der Waals surface area contributed by atoms with Crippen molar-refractivity contribution in [2.24, 2.45) is 0 Å². The van der Waals surface area contributed by atoms with Crippen LogP contribution in [0.1, 0.15) is 0 Å². The van der Waals surface area contributed by atoms with Crippen molar-refractivity contribution in [1.82, 2.24) is 15.0 Å². The number of nitrogens with one attached hydrogen (secondary N) is 1. The molecule has 2 heterocycles. The number of hydrogen-bond donors (Lipinski definition) is 1. The Hall–Kier alpha value is -2.62. The minimum atomic E-state index is 0.501. The highest BCUT2D eigenvalue weighted by Gasteiger charge is 2.16. The van der Waals surface area contributed by atoms with Crippen LogP contribution in [-0.4, -0.2) is 15.0 Å². The van der Waals surface area contributed by atoms with E-state index in [4.69, 9.17) is 28.2 Å². The van der Waals surface area contributed by atoms with Gasteiger partial charge in [0.2, 0.25) is 0 Å². The molecule has 0 atom stereocenters. The van der Waals surface area contributed by atoms with Crippen LogP contribution < -0.4 is 0 Å². The van der Waals surface area contributed by atoms with Gasteiger partial charge in [0, 0.05) is 17.3 Å². The molecule has 4 aromatic rings. The minimum absolute atomic E-state index is 0.501. The molecule has 0 spiro atoms. The van der Waals surface area contributed by atoms with Crippen molar-refractivity contribution in [3.63, 3.8) is 0 Å². The molecule has 0 bridgehead atoms. The van der Waals surface area contributed by atoms with Crippen molar-refractivity contribution < 1.29 is 0 Å². The molecule has 25 heavy (non-hydrogen) atoms. The number of aromatic nitrogens is 3. The van der Waals surface area contributed by atoms with Crippen LogP contribution in [0.4, 0.5) is 0 Å². The normalized spacial score (nSPS) is 10.8. The van der Waals surface area contributed by atoms with E-state index in [0.29, 0.717) is 15.9 Å². The second-order valence-electron chi connectivity index (χ2n) is 5.52.